The van der Waals surface area contributed by atoms with Crippen LogP contribution in [0.15, 0.2) is 18.7 Å². The summed E-state index contributed by atoms with van der Waals surface area (Å²) in [4.78, 5) is 25.4. The summed E-state index contributed by atoms with van der Waals surface area (Å²) in [7, 11) is 0. The first kappa shape index (κ1) is 14.0. The van der Waals surface area contributed by atoms with Crippen LogP contribution in [-0.4, -0.2) is 51.0 Å². The van der Waals surface area contributed by atoms with Gasteiger partial charge in [-0.2, -0.15) is 0 Å². The van der Waals surface area contributed by atoms with Crippen molar-refractivity contribution in [3.05, 3.63) is 18.7 Å². The number of aromatic nitrogens is 2. The number of urea groups is 1. The van der Waals surface area contributed by atoms with Gasteiger partial charge in [0.05, 0.1) is 6.33 Å². The molecule has 1 aromatic heterocycles. The third-order valence-corrected chi connectivity index (χ3v) is 2.20. The molecule has 100 valence electrons. The minimum Gasteiger partial charge on any atom is -0.479 e. The summed E-state index contributed by atoms with van der Waals surface area (Å²) in [5.74, 6) is -1.29. The molecule has 8 nitrogen and oxygen atoms in total. The normalized spacial score (nSPS) is 11.8. The minimum atomic E-state index is -1.45. The molecule has 2 amide bonds. The maximum atomic E-state index is 11.2. The molecule has 0 bridgehead atoms. The van der Waals surface area contributed by atoms with E-state index in [9.17, 15) is 9.59 Å². The number of hydrogen-bond donors (Lipinski definition) is 4. The maximum Gasteiger partial charge on any atom is 0.332 e. The van der Waals surface area contributed by atoms with Crippen LogP contribution in [0.1, 0.15) is 6.42 Å². The molecule has 0 saturated heterocycles. The summed E-state index contributed by atoms with van der Waals surface area (Å²) >= 11 is 0. The van der Waals surface area contributed by atoms with Crippen LogP contribution in [0, 0.1) is 0 Å². The topological polar surface area (TPSA) is 116 Å². The van der Waals surface area contributed by atoms with Gasteiger partial charge < -0.3 is 25.4 Å². The summed E-state index contributed by atoms with van der Waals surface area (Å²) in [6, 6.07) is -0.396. The molecule has 0 spiro atoms. The Labute approximate surface area is 104 Å². The highest BCUT2D eigenvalue weighted by Gasteiger charge is 2.12. The van der Waals surface area contributed by atoms with Gasteiger partial charge in [0.1, 0.15) is 0 Å². The number of aliphatic carboxylic acids is 1. The summed E-state index contributed by atoms with van der Waals surface area (Å²) < 4.78 is 1.81. The Bertz CT molecular complexity index is 379. The number of aliphatic hydroxyl groups excluding tert-OH is 1. The van der Waals surface area contributed by atoms with Crippen molar-refractivity contribution in [1.29, 1.82) is 0 Å². The molecule has 1 rings (SSSR count). The summed E-state index contributed by atoms with van der Waals surface area (Å²) in [5, 5.41) is 22.4. The van der Waals surface area contributed by atoms with Crippen LogP contribution in [0.3, 0.4) is 0 Å². The zero-order valence-corrected chi connectivity index (χ0v) is 9.74. The number of amides is 2. The molecule has 0 aliphatic rings. The summed E-state index contributed by atoms with van der Waals surface area (Å²) in [6.07, 6.45) is 3.60. The van der Waals surface area contributed by atoms with Crippen molar-refractivity contribution >= 4 is 12.0 Å². The fourth-order valence-corrected chi connectivity index (χ4v) is 1.23. The van der Waals surface area contributed by atoms with E-state index in [-0.39, 0.29) is 13.0 Å². The highest BCUT2D eigenvalue weighted by Crippen LogP contribution is 1.89. The van der Waals surface area contributed by atoms with Gasteiger partial charge in [0, 0.05) is 38.4 Å². The average Bonchev–Trinajstić information content (AvgIpc) is 2.81. The molecule has 8 heteroatoms. The molecular formula is C10H16N4O4. The first-order valence-corrected chi connectivity index (χ1v) is 5.48. The molecule has 0 aliphatic carbocycles. The van der Waals surface area contributed by atoms with E-state index in [1.807, 2.05) is 4.57 Å². The lowest BCUT2D eigenvalue weighted by atomic mass is 10.2. The van der Waals surface area contributed by atoms with E-state index in [1.165, 1.54) is 0 Å². The van der Waals surface area contributed by atoms with Gasteiger partial charge >= 0.3 is 12.0 Å². The van der Waals surface area contributed by atoms with Gasteiger partial charge in [-0.25, -0.2) is 14.6 Å². The van der Waals surface area contributed by atoms with Crippen LogP contribution in [0.5, 0.6) is 0 Å². The average molecular weight is 256 g/mol. The summed E-state index contributed by atoms with van der Waals surface area (Å²) in [6.45, 7) is 1.14. The Morgan fingerprint density at radius 1 is 1.33 bits per heavy atom. The third kappa shape index (κ3) is 5.30. The van der Waals surface area contributed by atoms with Crippen molar-refractivity contribution in [3.63, 3.8) is 0 Å². The van der Waals surface area contributed by atoms with Crippen molar-refractivity contribution in [2.45, 2.75) is 19.1 Å². The van der Waals surface area contributed by atoms with Gasteiger partial charge in [-0.3, -0.25) is 0 Å². The molecule has 1 atom stereocenters. The Balaban J connectivity index is 2.05. The molecule has 0 saturated carbocycles. The third-order valence-electron chi connectivity index (χ3n) is 2.20. The number of carbonyl (C=O) groups excluding carboxylic acids is 1. The monoisotopic (exact) mass is 256 g/mol. The highest BCUT2D eigenvalue weighted by molar-refractivity contribution is 5.74. The fraction of sp³-hybridized carbons (Fsp3) is 0.500. The smallest absolute Gasteiger partial charge is 0.332 e. The summed E-state index contributed by atoms with van der Waals surface area (Å²) in [5.41, 5.74) is 0. The van der Waals surface area contributed by atoms with Crippen molar-refractivity contribution in [2.75, 3.05) is 13.1 Å². The van der Waals surface area contributed by atoms with Gasteiger partial charge in [-0.15, -0.1) is 0 Å². The van der Waals surface area contributed by atoms with Gasteiger partial charge in [0.15, 0.2) is 6.10 Å². The number of carboxylic acid groups (broad SMARTS) is 1. The molecule has 1 unspecified atom stereocenters. The molecule has 1 aromatic rings. The van der Waals surface area contributed by atoms with E-state index in [0.717, 1.165) is 0 Å². The second-order valence-electron chi connectivity index (χ2n) is 3.63. The van der Waals surface area contributed by atoms with Gasteiger partial charge in [-0.1, -0.05) is 0 Å². The predicted octanol–water partition coefficient (Wildman–Crippen LogP) is -0.982. The molecule has 0 aliphatic heterocycles. The molecule has 4 N–H and O–H groups in total. The van der Waals surface area contributed by atoms with Crippen LogP contribution < -0.4 is 10.6 Å². The van der Waals surface area contributed by atoms with Crippen molar-refractivity contribution < 1.29 is 19.8 Å². The quantitative estimate of drug-likeness (QED) is 0.500. The van der Waals surface area contributed by atoms with E-state index < -0.39 is 18.1 Å². The van der Waals surface area contributed by atoms with Crippen molar-refractivity contribution in [1.82, 2.24) is 20.2 Å². The van der Waals surface area contributed by atoms with Gasteiger partial charge in [-0.05, 0) is 0 Å². The molecule has 18 heavy (non-hydrogen) atoms. The first-order valence-electron chi connectivity index (χ1n) is 5.48. The Morgan fingerprint density at radius 3 is 2.67 bits per heavy atom. The number of carbonyl (C=O) groups is 2. The Kier molecular flexibility index (Phi) is 5.65. The number of nitrogens with zero attached hydrogens (tertiary/aromatic N) is 2. The van der Waals surface area contributed by atoms with Crippen LogP contribution >= 0.6 is 0 Å². The molecule has 0 radical (unpaired) electrons. The standard InChI is InChI=1S/C10H16N4O4/c15-8(9(16)17)1-2-12-10(18)13-4-6-14-5-3-11-7-14/h3,5,7-8,15H,1-2,4,6H2,(H,16,17)(H2,12,13,18). The van der Waals surface area contributed by atoms with Crippen LogP contribution in [0.25, 0.3) is 0 Å². The van der Waals surface area contributed by atoms with Gasteiger partial charge in [0.2, 0.25) is 0 Å². The highest BCUT2D eigenvalue weighted by atomic mass is 16.4. The zero-order chi connectivity index (χ0) is 13.4. The van der Waals surface area contributed by atoms with E-state index in [2.05, 4.69) is 15.6 Å². The van der Waals surface area contributed by atoms with Crippen molar-refractivity contribution in [2.24, 2.45) is 0 Å². The van der Waals surface area contributed by atoms with E-state index in [0.29, 0.717) is 13.1 Å². The minimum absolute atomic E-state index is 0.0235. The van der Waals surface area contributed by atoms with E-state index in [1.54, 1.807) is 18.7 Å². The number of aliphatic hydroxyl groups is 1. The lowest BCUT2D eigenvalue weighted by molar-refractivity contribution is -0.146. The van der Waals surface area contributed by atoms with Crippen LogP contribution in [0.2, 0.25) is 0 Å². The lowest BCUT2D eigenvalue weighted by Gasteiger charge is -2.09. The fourth-order valence-electron chi connectivity index (χ4n) is 1.23. The second-order valence-corrected chi connectivity index (χ2v) is 3.63. The lowest BCUT2D eigenvalue weighted by Crippen LogP contribution is -2.39. The van der Waals surface area contributed by atoms with Crippen molar-refractivity contribution in [3.8, 4) is 0 Å². The molecule has 0 fully saturated rings. The predicted molar refractivity (Wildman–Crippen MR) is 61.9 cm³/mol. The number of imidazole rings is 1. The number of hydrogen-bond acceptors (Lipinski definition) is 4. The number of carboxylic acids is 1. The second kappa shape index (κ2) is 7.28. The van der Waals surface area contributed by atoms with Gasteiger partial charge in [0.25, 0.3) is 0 Å². The SMILES string of the molecule is O=C(NCCC(O)C(=O)O)NCCn1ccnc1. The van der Waals surface area contributed by atoms with Crippen LogP contribution in [-0.2, 0) is 11.3 Å². The number of rotatable bonds is 7. The number of nitrogens with one attached hydrogen (secondary N) is 2. The Morgan fingerprint density at radius 2 is 2.06 bits per heavy atom. The Hall–Kier alpha value is -2.09. The van der Waals surface area contributed by atoms with Crippen LogP contribution in [0.4, 0.5) is 4.79 Å². The largest absolute Gasteiger partial charge is 0.479 e. The van der Waals surface area contributed by atoms with E-state index in [4.69, 9.17) is 10.2 Å². The van der Waals surface area contributed by atoms with E-state index >= 15 is 0 Å². The molecule has 1 heterocycles. The molecule has 0 aromatic carbocycles. The molecular weight excluding hydrogens is 240 g/mol. The maximum absolute atomic E-state index is 11.2. The first-order chi connectivity index (χ1) is 8.59. The zero-order valence-electron chi connectivity index (χ0n) is 9.74.